The largest absolute Gasteiger partial charge is 0.465 e. The Labute approximate surface area is 120 Å². The molecule has 1 aromatic carbocycles. The summed E-state index contributed by atoms with van der Waals surface area (Å²) >= 11 is 0. The first-order chi connectivity index (χ1) is 10.0. The maximum atomic E-state index is 13.8. The van der Waals surface area contributed by atoms with Crippen LogP contribution in [0.2, 0.25) is 0 Å². The normalized spacial score (nSPS) is 11.8. The molecule has 1 unspecified atom stereocenters. The number of aromatic nitrogens is 1. The number of ether oxygens (including phenoxy) is 1. The van der Waals surface area contributed by atoms with Crippen LogP contribution in [0.1, 0.15) is 28.9 Å². The quantitative estimate of drug-likeness (QED) is 0.878. The van der Waals surface area contributed by atoms with Gasteiger partial charge in [0.05, 0.1) is 24.4 Å². The second-order valence-electron chi connectivity index (χ2n) is 4.46. The van der Waals surface area contributed by atoms with Gasteiger partial charge in [-0.2, -0.15) is 0 Å². The summed E-state index contributed by atoms with van der Waals surface area (Å²) in [5.41, 5.74) is 0.536. The van der Waals surface area contributed by atoms with Crippen LogP contribution in [0, 0.1) is 11.6 Å². The van der Waals surface area contributed by atoms with Gasteiger partial charge < -0.3 is 10.1 Å². The number of hydrogen-bond acceptors (Lipinski definition) is 4. The highest BCUT2D eigenvalue weighted by Gasteiger charge is 2.17. The Balaban J connectivity index is 2.29. The third-order valence-corrected chi connectivity index (χ3v) is 3.02. The van der Waals surface area contributed by atoms with Gasteiger partial charge in [0.2, 0.25) is 0 Å². The molecule has 0 radical (unpaired) electrons. The first-order valence-corrected chi connectivity index (χ1v) is 6.26. The van der Waals surface area contributed by atoms with Crippen molar-refractivity contribution in [3.8, 4) is 0 Å². The Bertz CT molecular complexity index is 648. The highest BCUT2D eigenvalue weighted by atomic mass is 19.1. The number of benzene rings is 1. The summed E-state index contributed by atoms with van der Waals surface area (Å²) in [6.45, 7) is 1.80. The highest BCUT2D eigenvalue weighted by molar-refractivity contribution is 5.90. The van der Waals surface area contributed by atoms with Crippen molar-refractivity contribution in [1.29, 1.82) is 0 Å². The molecule has 1 N–H and O–H groups in total. The fraction of sp³-hybridized carbons (Fsp3) is 0.200. The van der Waals surface area contributed by atoms with Gasteiger partial charge in [-0.3, -0.25) is 4.98 Å². The molecule has 4 nitrogen and oxygen atoms in total. The lowest BCUT2D eigenvalue weighted by Crippen LogP contribution is -2.11. The van der Waals surface area contributed by atoms with E-state index in [0.717, 1.165) is 18.7 Å². The fourth-order valence-electron chi connectivity index (χ4n) is 1.87. The first kappa shape index (κ1) is 14.9. The minimum absolute atomic E-state index is 0.0214. The van der Waals surface area contributed by atoms with Crippen molar-refractivity contribution in [1.82, 2.24) is 4.98 Å². The molecule has 0 aliphatic heterocycles. The molecule has 0 bridgehead atoms. The minimum atomic E-state index is -0.959. The minimum Gasteiger partial charge on any atom is -0.465 e. The van der Waals surface area contributed by atoms with E-state index in [1.807, 2.05) is 6.07 Å². The van der Waals surface area contributed by atoms with Gasteiger partial charge >= 0.3 is 5.97 Å². The number of halogens is 2. The van der Waals surface area contributed by atoms with Crippen molar-refractivity contribution < 1.29 is 18.3 Å². The van der Waals surface area contributed by atoms with Crippen LogP contribution >= 0.6 is 0 Å². The average Bonchev–Trinajstić information content (AvgIpc) is 2.50. The van der Waals surface area contributed by atoms with Crippen molar-refractivity contribution in [2.24, 2.45) is 0 Å². The molecule has 2 aromatic rings. The van der Waals surface area contributed by atoms with E-state index in [9.17, 15) is 13.6 Å². The van der Waals surface area contributed by atoms with E-state index < -0.39 is 17.6 Å². The van der Waals surface area contributed by atoms with Crippen molar-refractivity contribution in [3.63, 3.8) is 0 Å². The average molecular weight is 292 g/mol. The summed E-state index contributed by atoms with van der Waals surface area (Å²) < 4.78 is 31.8. The van der Waals surface area contributed by atoms with Crippen molar-refractivity contribution >= 4 is 11.7 Å². The smallest absolute Gasteiger partial charge is 0.340 e. The highest BCUT2D eigenvalue weighted by Crippen LogP contribution is 2.24. The second-order valence-corrected chi connectivity index (χ2v) is 4.46. The molecule has 0 fully saturated rings. The Kier molecular flexibility index (Phi) is 4.47. The molecule has 0 aliphatic rings. The van der Waals surface area contributed by atoms with Crippen molar-refractivity contribution in [3.05, 3.63) is 59.4 Å². The topological polar surface area (TPSA) is 51.2 Å². The number of rotatable bonds is 4. The van der Waals surface area contributed by atoms with Crippen LogP contribution < -0.4 is 5.32 Å². The predicted molar refractivity (Wildman–Crippen MR) is 74.0 cm³/mol. The number of carbonyl (C=O) groups excluding carboxylic acids is 1. The number of carbonyl (C=O) groups is 1. The Morgan fingerprint density at radius 3 is 2.71 bits per heavy atom. The van der Waals surface area contributed by atoms with Crippen LogP contribution in [0.4, 0.5) is 14.5 Å². The molecule has 1 aromatic heterocycles. The Morgan fingerprint density at radius 2 is 2.10 bits per heavy atom. The SMILES string of the molecule is COC(=O)c1cc(NC(C)c2cccnc2)c(F)cc1F. The summed E-state index contributed by atoms with van der Waals surface area (Å²) in [6, 6.07) is 5.08. The molecular formula is C15H14F2N2O2. The summed E-state index contributed by atoms with van der Waals surface area (Å²) in [6.07, 6.45) is 3.27. The van der Waals surface area contributed by atoms with Crippen LogP contribution in [-0.2, 0) is 4.74 Å². The number of esters is 1. The van der Waals surface area contributed by atoms with E-state index in [1.54, 1.807) is 25.4 Å². The van der Waals surface area contributed by atoms with Gasteiger partial charge in [0.25, 0.3) is 0 Å². The molecule has 0 saturated heterocycles. The van der Waals surface area contributed by atoms with E-state index in [2.05, 4.69) is 15.0 Å². The van der Waals surface area contributed by atoms with Crippen molar-refractivity contribution in [2.45, 2.75) is 13.0 Å². The number of anilines is 1. The molecule has 0 saturated carbocycles. The number of methoxy groups -OCH3 is 1. The predicted octanol–water partition coefficient (Wildman–Crippen LogP) is 3.32. The fourth-order valence-corrected chi connectivity index (χ4v) is 1.87. The van der Waals surface area contributed by atoms with E-state index in [-0.39, 0.29) is 17.3 Å². The third-order valence-electron chi connectivity index (χ3n) is 3.02. The molecule has 2 rings (SSSR count). The molecular weight excluding hydrogens is 278 g/mol. The molecule has 6 heteroatoms. The van der Waals surface area contributed by atoms with E-state index in [0.29, 0.717) is 6.07 Å². The molecule has 0 aliphatic carbocycles. The second kappa shape index (κ2) is 6.30. The van der Waals surface area contributed by atoms with Gasteiger partial charge in [0.15, 0.2) is 0 Å². The van der Waals surface area contributed by atoms with Crippen LogP contribution in [0.25, 0.3) is 0 Å². The molecule has 0 amide bonds. The zero-order valence-corrected chi connectivity index (χ0v) is 11.6. The molecule has 1 heterocycles. The van der Waals surface area contributed by atoms with Crippen molar-refractivity contribution in [2.75, 3.05) is 12.4 Å². The Hall–Kier alpha value is -2.50. The maximum Gasteiger partial charge on any atom is 0.340 e. The van der Waals surface area contributed by atoms with Gasteiger partial charge in [0.1, 0.15) is 11.6 Å². The van der Waals surface area contributed by atoms with Crippen LogP contribution in [0.5, 0.6) is 0 Å². The zero-order chi connectivity index (χ0) is 15.4. The van der Waals surface area contributed by atoms with Gasteiger partial charge in [-0.25, -0.2) is 13.6 Å². The lowest BCUT2D eigenvalue weighted by molar-refractivity contribution is 0.0595. The third kappa shape index (κ3) is 3.34. The number of nitrogens with zero attached hydrogens (tertiary/aromatic N) is 1. The monoisotopic (exact) mass is 292 g/mol. The number of pyridine rings is 1. The van der Waals surface area contributed by atoms with Gasteiger partial charge in [-0.05, 0) is 24.6 Å². The molecule has 1 atom stereocenters. The molecule has 21 heavy (non-hydrogen) atoms. The summed E-state index contributed by atoms with van der Waals surface area (Å²) in [4.78, 5) is 15.4. The molecule has 0 spiro atoms. The maximum absolute atomic E-state index is 13.8. The van der Waals surface area contributed by atoms with Gasteiger partial charge in [-0.1, -0.05) is 6.07 Å². The first-order valence-electron chi connectivity index (χ1n) is 6.26. The summed E-state index contributed by atoms with van der Waals surface area (Å²) in [5.74, 6) is -2.60. The van der Waals surface area contributed by atoms with Gasteiger partial charge in [-0.15, -0.1) is 0 Å². The standard InChI is InChI=1S/C15H14F2N2O2/c1-9(10-4-3-5-18-8-10)19-14-6-11(15(20)21-2)12(16)7-13(14)17/h3-9,19H,1-2H3. The zero-order valence-electron chi connectivity index (χ0n) is 11.6. The van der Waals surface area contributed by atoms with E-state index in [4.69, 9.17) is 0 Å². The number of hydrogen-bond donors (Lipinski definition) is 1. The Morgan fingerprint density at radius 1 is 1.33 bits per heavy atom. The molecule has 110 valence electrons. The van der Waals surface area contributed by atoms with Crippen LogP contribution in [-0.4, -0.2) is 18.1 Å². The van der Waals surface area contributed by atoms with E-state index in [1.165, 1.54) is 0 Å². The van der Waals surface area contributed by atoms with Crippen LogP contribution in [0.3, 0.4) is 0 Å². The van der Waals surface area contributed by atoms with Crippen LogP contribution in [0.15, 0.2) is 36.7 Å². The summed E-state index contributed by atoms with van der Waals surface area (Å²) in [7, 11) is 1.14. The van der Waals surface area contributed by atoms with E-state index >= 15 is 0 Å². The lowest BCUT2D eigenvalue weighted by atomic mass is 10.1. The van der Waals surface area contributed by atoms with Gasteiger partial charge in [0, 0.05) is 18.5 Å². The number of nitrogens with one attached hydrogen (secondary N) is 1. The summed E-state index contributed by atoms with van der Waals surface area (Å²) in [5, 5.41) is 2.88. The lowest BCUT2D eigenvalue weighted by Gasteiger charge is -2.16.